The van der Waals surface area contributed by atoms with E-state index in [4.69, 9.17) is 4.74 Å². The molecule has 0 bridgehead atoms. The first-order valence-electron chi connectivity index (χ1n) is 12.2. The van der Waals surface area contributed by atoms with Gasteiger partial charge in [0.25, 0.3) is 10.0 Å². The number of carbonyl (C=O) groups excluding carboxylic acids is 2. The van der Waals surface area contributed by atoms with E-state index in [0.29, 0.717) is 24.3 Å². The van der Waals surface area contributed by atoms with Crippen molar-refractivity contribution in [3.63, 3.8) is 0 Å². The van der Waals surface area contributed by atoms with Crippen LogP contribution in [-0.2, 0) is 19.6 Å². The Labute approximate surface area is 217 Å². The van der Waals surface area contributed by atoms with Crippen molar-refractivity contribution < 1.29 is 22.7 Å². The molecule has 10 nitrogen and oxygen atoms in total. The highest BCUT2D eigenvalue weighted by Gasteiger charge is 2.37. The number of carbonyl (C=O) groups is 2. The van der Waals surface area contributed by atoms with E-state index in [1.165, 1.54) is 17.3 Å². The molecule has 3 heterocycles. The molecule has 3 aromatic rings. The van der Waals surface area contributed by atoms with Crippen molar-refractivity contribution in [3.8, 4) is 0 Å². The summed E-state index contributed by atoms with van der Waals surface area (Å²) < 4.78 is 32.9. The first kappa shape index (κ1) is 26.6. The number of hydrogen-bond donors (Lipinski definition) is 0. The van der Waals surface area contributed by atoms with Crippen molar-refractivity contribution in [2.45, 2.75) is 51.5 Å². The average Bonchev–Trinajstić information content (AvgIpc) is 3.27. The van der Waals surface area contributed by atoms with E-state index in [0.717, 1.165) is 9.54 Å². The van der Waals surface area contributed by atoms with E-state index in [1.807, 2.05) is 34.6 Å². The number of hydrogen-bond acceptors (Lipinski definition) is 7. The molecule has 11 heteroatoms. The van der Waals surface area contributed by atoms with Crippen molar-refractivity contribution in [3.05, 3.63) is 48.3 Å². The molecule has 198 valence electrons. The van der Waals surface area contributed by atoms with Gasteiger partial charge in [0.2, 0.25) is 5.91 Å². The van der Waals surface area contributed by atoms with E-state index >= 15 is 0 Å². The summed E-state index contributed by atoms with van der Waals surface area (Å²) in [6.45, 7) is 10.1. The summed E-state index contributed by atoms with van der Waals surface area (Å²) in [5, 5.41) is 0. The maximum atomic E-state index is 13.5. The van der Waals surface area contributed by atoms with Gasteiger partial charge in [-0.2, -0.15) is 0 Å². The third kappa shape index (κ3) is 5.46. The fourth-order valence-corrected chi connectivity index (χ4v) is 5.60. The van der Waals surface area contributed by atoms with Crippen LogP contribution < -0.4 is 4.90 Å². The predicted molar refractivity (Wildman–Crippen MR) is 140 cm³/mol. The van der Waals surface area contributed by atoms with Crippen LogP contribution in [0, 0.1) is 18.8 Å². The lowest BCUT2D eigenvalue weighted by atomic mass is 9.86. The lowest BCUT2D eigenvalue weighted by Crippen LogP contribution is -2.50. The monoisotopic (exact) mass is 527 g/mol. The highest BCUT2D eigenvalue weighted by molar-refractivity contribution is 7.90. The molecule has 1 aromatic carbocycles. The van der Waals surface area contributed by atoms with Crippen LogP contribution in [0.25, 0.3) is 11.2 Å². The molecule has 2 atom stereocenters. The predicted octanol–water partition coefficient (Wildman–Crippen LogP) is 3.83. The number of ether oxygens (including phenoxy) is 1. The fraction of sp³-hybridized carbons (Fsp3) is 0.462. The quantitative estimate of drug-likeness (QED) is 0.506. The zero-order valence-corrected chi connectivity index (χ0v) is 22.8. The van der Waals surface area contributed by atoms with Gasteiger partial charge >= 0.3 is 6.09 Å². The molecule has 1 aliphatic heterocycles. The summed E-state index contributed by atoms with van der Waals surface area (Å²) >= 11 is 0. The number of rotatable bonds is 4. The average molecular weight is 528 g/mol. The molecule has 0 spiro atoms. The number of amides is 2. The summed E-state index contributed by atoms with van der Waals surface area (Å²) in [5.41, 5.74) is 0.854. The van der Waals surface area contributed by atoms with Gasteiger partial charge < -0.3 is 9.64 Å². The van der Waals surface area contributed by atoms with Gasteiger partial charge in [-0.3, -0.25) is 9.69 Å². The number of aromatic nitrogens is 3. The fourth-order valence-electron chi connectivity index (χ4n) is 4.30. The maximum absolute atomic E-state index is 13.5. The van der Waals surface area contributed by atoms with E-state index in [2.05, 4.69) is 9.97 Å². The molecule has 2 unspecified atom stereocenters. The molecule has 1 fully saturated rings. The zero-order valence-electron chi connectivity index (χ0n) is 22.0. The Balaban J connectivity index is 1.56. The molecule has 2 aromatic heterocycles. The first-order valence-corrected chi connectivity index (χ1v) is 13.6. The number of fused-ring (bicyclic) bond motifs is 1. The van der Waals surface area contributed by atoms with Gasteiger partial charge in [-0.05, 0) is 58.2 Å². The van der Waals surface area contributed by atoms with Crippen molar-refractivity contribution in [1.29, 1.82) is 0 Å². The molecule has 1 aliphatic rings. The summed E-state index contributed by atoms with van der Waals surface area (Å²) in [4.78, 5) is 38.0. The van der Waals surface area contributed by atoms with Gasteiger partial charge in [0.15, 0.2) is 11.5 Å². The van der Waals surface area contributed by atoms with Crippen molar-refractivity contribution in [2.75, 3.05) is 25.0 Å². The smallest absolute Gasteiger partial charge is 0.410 e. The molecule has 4 rings (SSSR count). The summed E-state index contributed by atoms with van der Waals surface area (Å²) in [5.74, 6) is -0.271. The van der Waals surface area contributed by atoms with Crippen molar-refractivity contribution in [2.24, 2.45) is 11.8 Å². The van der Waals surface area contributed by atoms with Crippen LogP contribution in [0.3, 0.4) is 0 Å². The molecular weight excluding hydrogens is 494 g/mol. The van der Waals surface area contributed by atoms with Gasteiger partial charge in [-0.1, -0.05) is 24.6 Å². The highest BCUT2D eigenvalue weighted by Crippen LogP contribution is 2.28. The Kier molecular flexibility index (Phi) is 7.02. The van der Waals surface area contributed by atoms with Crippen LogP contribution in [0.4, 0.5) is 10.6 Å². The lowest BCUT2D eigenvalue weighted by Gasteiger charge is -2.38. The minimum absolute atomic E-state index is 0.0612. The van der Waals surface area contributed by atoms with Crippen molar-refractivity contribution >= 4 is 39.0 Å². The largest absolute Gasteiger partial charge is 0.444 e. The second-order valence-corrected chi connectivity index (χ2v) is 12.4. The summed E-state index contributed by atoms with van der Waals surface area (Å²) in [6, 6.07) is 8.13. The van der Waals surface area contributed by atoms with E-state index in [-0.39, 0.29) is 28.9 Å². The Hall–Kier alpha value is -3.47. The van der Waals surface area contributed by atoms with Gasteiger partial charge in [0.05, 0.1) is 17.0 Å². The third-order valence-corrected chi connectivity index (χ3v) is 8.20. The van der Waals surface area contributed by atoms with Crippen LogP contribution in [0.2, 0.25) is 0 Å². The SMILES string of the molecule is Cc1ccc(S(=O)(=O)n2ccc3nc(N(C)C(=O)C4CN(C(=O)OC(C)(C)C)CCC4C)cnc32)cc1. The Morgan fingerprint density at radius 3 is 2.46 bits per heavy atom. The second-order valence-electron chi connectivity index (χ2n) is 10.6. The molecular formula is C26H33N5O5S. The molecule has 0 aliphatic carbocycles. The minimum Gasteiger partial charge on any atom is -0.444 e. The van der Waals surface area contributed by atoms with Crippen LogP contribution in [0.15, 0.2) is 47.6 Å². The highest BCUT2D eigenvalue weighted by atomic mass is 32.2. The molecule has 0 radical (unpaired) electrons. The number of likely N-dealkylation sites (tertiary alicyclic amines) is 1. The molecule has 37 heavy (non-hydrogen) atoms. The van der Waals surface area contributed by atoms with Gasteiger partial charge in [-0.25, -0.2) is 27.2 Å². The number of anilines is 1. The van der Waals surface area contributed by atoms with E-state index in [1.54, 1.807) is 42.3 Å². The molecule has 1 saturated heterocycles. The molecule has 0 saturated carbocycles. The number of benzene rings is 1. The minimum atomic E-state index is -3.86. The normalized spacial score (nSPS) is 18.6. The Morgan fingerprint density at radius 2 is 1.81 bits per heavy atom. The van der Waals surface area contributed by atoms with Gasteiger partial charge in [-0.15, -0.1) is 0 Å². The van der Waals surface area contributed by atoms with E-state index in [9.17, 15) is 18.0 Å². The summed E-state index contributed by atoms with van der Waals surface area (Å²) in [7, 11) is -2.25. The number of aryl methyl sites for hydroxylation is 1. The van der Waals surface area contributed by atoms with Crippen LogP contribution in [0.5, 0.6) is 0 Å². The Bertz CT molecular complexity index is 1430. The number of piperidine rings is 1. The first-order chi connectivity index (χ1) is 17.3. The second kappa shape index (κ2) is 9.77. The van der Waals surface area contributed by atoms with Gasteiger partial charge in [0.1, 0.15) is 11.1 Å². The van der Waals surface area contributed by atoms with Crippen molar-refractivity contribution in [1.82, 2.24) is 18.8 Å². The lowest BCUT2D eigenvalue weighted by molar-refractivity contribution is -0.125. The van der Waals surface area contributed by atoms with Crippen LogP contribution in [0.1, 0.15) is 39.7 Å². The topological polar surface area (TPSA) is 115 Å². The maximum Gasteiger partial charge on any atom is 0.410 e. The molecule has 2 amide bonds. The van der Waals surface area contributed by atoms with E-state index < -0.39 is 27.6 Å². The Morgan fingerprint density at radius 1 is 1.14 bits per heavy atom. The molecule has 0 N–H and O–H groups in total. The third-order valence-electron chi connectivity index (χ3n) is 6.52. The number of nitrogens with zero attached hydrogens (tertiary/aromatic N) is 5. The summed E-state index contributed by atoms with van der Waals surface area (Å²) in [6.07, 6.45) is 3.04. The zero-order chi connectivity index (χ0) is 27.1. The van der Waals surface area contributed by atoms with Gasteiger partial charge in [0, 0.05) is 26.3 Å². The standard InChI is InChI=1S/C26H33N5O5S/c1-17-7-9-19(10-8-17)37(34,35)31-14-12-21-23(31)27-15-22(28-21)29(6)24(32)20-16-30(13-11-18(20)2)25(33)36-26(3,4)5/h7-10,12,14-15,18,20H,11,13,16H2,1-6H3. The van der Waals surface area contributed by atoms with Crippen LogP contribution >= 0.6 is 0 Å². The van der Waals surface area contributed by atoms with Crippen LogP contribution in [-0.4, -0.2) is 65.0 Å².